The first-order chi connectivity index (χ1) is 9.60. The number of hydrogen-bond acceptors (Lipinski definition) is 3. The minimum atomic E-state index is -0.552. The molecule has 2 aromatic carbocycles. The Bertz CT molecular complexity index is 612. The second-order valence-corrected chi connectivity index (χ2v) is 4.72. The topological polar surface area (TPSA) is 64.3 Å². The molecule has 2 rings (SSSR count). The summed E-state index contributed by atoms with van der Waals surface area (Å²) in [7, 11) is 1.88. The Morgan fingerprint density at radius 2 is 1.95 bits per heavy atom. The third-order valence-electron chi connectivity index (χ3n) is 2.74. The first-order valence-electron chi connectivity index (χ1n) is 6.11. The largest absolute Gasteiger partial charge is 0.456 e. The highest BCUT2D eigenvalue weighted by atomic mass is 35.5. The number of hydrogen-bond donors (Lipinski definition) is 2. The van der Waals surface area contributed by atoms with Crippen LogP contribution in [0, 0.1) is 0 Å². The summed E-state index contributed by atoms with van der Waals surface area (Å²) >= 11 is 5.91. The van der Waals surface area contributed by atoms with Gasteiger partial charge in [-0.3, -0.25) is 4.79 Å². The van der Waals surface area contributed by atoms with Crippen molar-refractivity contribution in [1.82, 2.24) is 5.32 Å². The van der Waals surface area contributed by atoms with E-state index in [1.165, 1.54) is 0 Å². The fourth-order valence-corrected chi connectivity index (χ4v) is 1.95. The maximum Gasteiger partial charge on any atom is 0.252 e. The summed E-state index contributed by atoms with van der Waals surface area (Å²) in [6.07, 6.45) is 0. The van der Waals surface area contributed by atoms with Gasteiger partial charge in [0.05, 0.1) is 5.56 Å². The third-order valence-corrected chi connectivity index (χ3v) is 2.98. The summed E-state index contributed by atoms with van der Waals surface area (Å²) in [5.74, 6) is 0.421. The van der Waals surface area contributed by atoms with Gasteiger partial charge in [-0.25, -0.2) is 0 Å². The standard InChI is InChI=1S/C15H15ClN2O2/c1-18-9-10-2-5-12(6-3-10)20-14-8-11(16)4-7-13(14)15(17)19/h2-8,18H,9H2,1H3,(H2,17,19). The molecule has 0 saturated heterocycles. The van der Waals surface area contributed by atoms with Crippen LogP contribution in [0.25, 0.3) is 0 Å². The molecule has 3 N–H and O–H groups in total. The van der Waals surface area contributed by atoms with E-state index in [4.69, 9.17) is 22.1 Å². The van der Waals surface area contributed by atoms with Gasteiger partial charge < -0.3 is 15.8 Å². The van der Waals surface area contributed by atoms with E-state index in [2.05, 4.69) is 5.32 Å². The maximum absolute atomic E-state index is 11.4. The fraction of sp³-hybridized carbons (Fsp3) is 0.133. The summed E-state index contributed by atoms with van der Waals surface area (Å²) < 4.78 is 5.68. The molecule has 0 fully saturated rings. The van der Waals surface area contributed by atoms with Crippen molar-refractivity contribution in [3.63, 3.8) is 0 Å². The van der Waals surface area contributed by atoms with E-state index < -0.39 is 5.91 Å². The van der Waals surface area contributed by atoms with Gasteiger partial charge in [-0.15, -0.1) is 0 Å². The lowest BCUT2D eigenvalue weighted by atomic mass is 10.2. The molecule has 2 aromatic rings. The van der Waals surface area contributed by atoms with Gasteiger partial charge in [-0.2, -0.15) is 0 Å². The summed E-state index contributed by atoms with van der Waals surface area (Å²) in [6, 6.07) is 12.3. The number of carbonyl (C=O) groups excluding carboxylic acids is 1. The Balaban J connectivity index is 2.25. The van der Waals surface area contributed by atoms with Crippen LogP contribution >= 0.6 is 11.6 Å². The number of rotatable bonds is 5. The average Bonchev–Trinajstić information content (AvgIpc) is 2.41. The summed E-state index contributed by atoms with van der Waals surface area (Å²) in [6.45, 7) is 0.782. The minimum absolute atomic E-state index is 0.300. The van der Waals surface area contributed by atoms with Gasteiger partial charge in [0.25, 0.3) is 5.91 Å². The molecule has 104 valence electrons. The number of primary amides is 1. The Kier molecular flexibility index (Phi) is 4.61. The third kappa shape index (κ3) is 3.50. The molecular weight excluding hydrogens is 276 g/mol. The first kappa shape index (κ1) is 14.4. The predicted octanol–water partition coefficient (Wildman–Crippen LogP) is 2.95. The molecule has 1 amide bonds. The first-order valence-corrected chi connectivity index (χ1v) is 6.48. The lowest BCUT2D eigenvalue weighted by molar-refractivity contribution is 0.0998. The number of ether oxygens (including phenoxy) is 1. The molecule has 0 atom stereocenters. The molecule has 0 aliphatic carbocycles. The lowest BCUT2D eigenvalue weighted by Crippen LogP contribution is -2.12. The van der Waals surface area contributed by atoms with Gasteiger partial charge in [0.1, 0.15) is 11.5 Å². The summed E-state index contributed by atoms with van der Waals surface area (Å²) in [5, 5.41) is 3.55. The zero-order chi connectivity index (χ0) is 14.5. The minimum Gasteiger partial charge on any atom is -0.456 e. The summed E-state index contributed by atoms with van der Waals surface area (Å²) in [5.41, 5.74) is 6.75. The number of carbonyl (C=O) groups is 1. The van der Waals surface area contributed by atoms with E-state index in [-0.39, 0.29) is 0 Å². The van der Waals surface area contributed by atoms with Crippen molar-refractivity contribution in [3.8, 4) is 11.5 Å². The maximum atomic E-state index is 11.4. The number of nitrogens with one attached hydrogen (secondary N) is 1. The van der Waals surface area contributed by atoms with Crippen molar-refractivity contribution in [2.24, 2.45) is 5.73 Å². The quantitative estimate of drug-likeness (QED) is 0.890. The average molecular weight is 291 g/mol. The molecule has 0 bridgehead atoms. The van der Waals surface area contributed by atoms with Crippen LogP contribution in [0.5, 0.6) is 11.5 Å². The molecule has 0 radical (unpaired) electrons. The highest BCUT2D eigenvalue weighted by molar-refractivity contribution is 6.30. The fourth-order valence-electron chi connectivity index (χ4n) is 1.79. The van der Waals surface area contributed by atoms with Crippen molar-refractivity contribution in [3.05, 3.63) is 58.6 Å². The van der Waals surface area contributed by atoms with Crippen molar-refractivity contribution in [1.29, 1.82) is 0 Å². The van der Waals surface area contributed by atoms with Crippen molar-refractivity contribution in [2.75, 3.05) is 7.05 Å². The van der Waals surface area contributed by atoms with Gasteiger partial charge in [-0.05, 0) is 36.9 Å². The number of amides is 1. The molecule has 0 heterocycles. The van der Waals surface area contributed by atoms with Crippen LogP contribution in [0.1, 0.15) is 15.9 Å². The van der Waals surface area contributed by atoms with Crippen LogP contribution < -0.4 is 15.8 Å². The molecule has 0 saturated carbocycles. The zero-order valence-electron chi connectivity index (χ0n) is 11.0. The van der Waals surface area contributed by atoms with Gasteiger partial charge in [0.2, 0.25) is 0 Å². The SMILES string of the molecule is CNCc1ccc(Oc2cc(Cl)ccc2C(N)=O)cc1. The van der Waals surface area contributed by atoms with Crippen molar-refractivity contribution >= 4 is 17.5 Å². The van der Waals surface area contributed by atoms with E-state index in [9.17, 15) is 4.79 Å². The van der Waals surface area contributed by atoms with Crippen LogP contribution in [0.3, 0.4) is 0 Å². The Labute approximate surface area is 122 Å². The second-order valence-electron chi connectivity index (χ2n) is 4.28. The zero-order valence-corrected chi connectivity index (χ0v) is 11.8. The van der Waals surface area contributed by atoms with E-state index in [1.807, 2.05) is 31.3 Å². The Morgan fingerprint density at radius 3 is 2.55 bits per heavy atom. The van der Waals surface area contributed by atoms with E-state index in [0.717, 1.165) is 12.1 Å². The number of nitrogens with two attached hydrogens (primary N) is 1. The smallest absolute Gasteiger partial charge is 0.252 e. The lowest BCUT2D eigenvalue weighted by Gasteiger charge is -2.10. The molecule has 0 unspecified atom stereocenters. The Hall–Kier alpha value is -2.04. The van der Waals surface area contributed by atoms with Gasteiger partial charge in [-0.1, -0.05) is 23.7 Å². The molecule has 0 aliphatic rings. The predicted molar refractivity (Wildman–Crippen MR) is 79.2 cm³/mol. The molecule has 0 spiro atoms. The molecule has 4 nitrogen and oxygen atoms in total. The van der Waals surface area contributed by atoms with E-state index in [0.29, 0.717) is 22.1 Å². The number of benzene rings is 2. The second kappa shape index (κ2) is 6.41. The van der Waals surface area contributed by atoms with Crippen molar-refractivity contribution in [2.45, 2.75) is 6.54 Å². The Morgan fingerprint density at radius 1 is 1.25 bits per heavy atom. The van der Waals surface area contributed by atoms with Crippen molar-refractivity contribution < 1.29 is 9.53 Å². The van der Waals surface area contributed by atoms with Crippen LogP contribution in [0.4, 0.5) is 0 Å². The highest BCUT2D eigenvalue weighted by Gasteiger charge is 2.11. The monoisotopic (exact) mass is 290 g/mol. The molecule has 5 heteroatoms. The highest BCUT2D eigenvalue weighted by Crippen LogP contribution is 2.28. The summed E-state index contributed by atoms with van der Waals surface area (Å²) in [4.78, 5) is 11.4. The van der Waals surface area contributed by atoms with Gasteiger partial charge in [0.15, 0.2) is 0 Å². The molecule has 20 heavy (non-hydrogen) atoms. The van der Waals surface area contributed by atoms with Crippen LogP contribution in [0.15, 0.2) is 42.5 Å². The van der Waals surface area contributed by atoms with E-state index >= 15 is 0 Å². The molecule has 0 aliphatic heterocycles. The number of halogens is 1. The van der Waals surface area contributed by atoms with Crippen LogP contribution in [-0.2, 0) is 6.54 Å². The van der Waals surface area contributed by atoms with E-state index in [1.54, 1.807) is 18.2 Å². The molecule has 0 aromatic heterocycles. The van der Waals surface area contributed by atoms with Gasteiger partial charge >= 0.3 is 0 Å². The normalized spacial score (nSPS) is 10.3. The van der Waals surface area contributed by atoms with Crippen LogP contribution in [-0.4, -0.2) is 13.0 Å². The van der Waals surface area contributed by atoms with Crippen LogP contribution in [0.2, 0.25) is 5.02 Å². The van der Waals surface area contributed by atoms with Gasteiger partial charge in [0, 0.05) is 17.6 Å². The molecular formula is C15H15ClN2O2.